The van der Waals surface area contributed by atoms with Gasteiger partial charge < -0.3 is 5.32 Å². The van der Waals surface area contributed by atoms with Crippen molar-refractivity contribution in [1.29, 1.82) is 0 Å². The highest BCUT2D eigenvalue weighted by Gasteiger charge is 2.18. The summed E-state index contributed by atoms with van der Waals surface area (Å²) in [5.74, 6) is -5.09. The molecule has 0 heterocycles. The molecule has 0 fully saturated rings. The lowest BCUT2D eigenvalue weighted by Crippen LogP contribution is -2.25. The number of amides is 1. The highest BCUT2D eigenvalue weighted by Crippen LogP contribution is 2.14. The maximum atomic E-state index is 13.2. The van der Waals surface area contributed by atoms with Crippen molar-refractivity contribution in [3.05, 3.63) is 35.1 Å². The third kappa shape index (κ3) is 3.47. The second-order valence-corrected chi connectivity index (χ2v) is 3.69. The number of hydrogen-bond donors (Lipinski definition) is 1. The van der Waals surface area contributed by atoms with E-state index in [-0.39, 0.29) is 0 Å². The van der Waals surface area contributed by atoms with E-state index >= 15 is 0 Å². The lowest BCUT2D eigenvalue weighted by Gasteiger charge is -2.06. The van der Waals surface area contributed by atoms with E-state index in [2.05, 4.69) is 5.32 Å². The van der Waals surface area contributed by atoms with Gasteiger partial charge in [0.05, 0.1) is 5.56 Å². The van der Waals surface area contributed by atoms with E-state index in [9.17, 15) is 18.0 Å². The van der Waals surface area contributed by atoms with Crippen LogP contribution in [-0.4, -0.2) is 12.5 Å². The van der Waals surface area contributed by atoms with E-state index in [1.165, 1.54) is 0 Å². The van der Waals surface area contributed by atoms with Crippen LogP contribution < -0.4 is 5.32 Å². The van der Waals surface area contributed by atoms with Crippen molar-refractivity contribution in [2.45, 2.75) is 26.2 Å². The summed E-state index contributed by atoms with van der Waals surface area (Å²) in [5, 5.41) is 2.45. The monoisotopic (exact) mass is 245 g/mol. The fraction of sp³-hybridized carbons (Fsp3) is 0.417. The summed E-state index contributed by atoms with van der Waals surface area (Å²) in [6.45, 7) is 2.40. The minimum Gasteiger partial charge on any atom is -0.352 e. The van der Waals surface area contributed by atoms with E-state index in [1.807, 2.05) is 6.92 Å². The maximum absolute atomic E-state index is 13.2. The average Bonchev–Trinajstić information content (AvgIpc) is 2.31. The first-order valence-electron chi connectivity index (χ1n) is 5.49. The minimum absolute atomic E-state index is 0.394. The minimum atomic E-state index is -1.62. The van der Waals surface area contributed by atoms with Gasteiger partial charge in [0.15, 0.2) is 17.5 Å². The molecule has 0 aliphatic heterocycles. The topological polar surface area (TPSA) is 29.1 Å². The third-order valence-corrected chi connectivity index (χ3v) is 2.35. The third-order valence-electron chi connectivity index (χ3n) is 2.35. The molecule has 1 aromatic carbocycles. The second kappa shape index (κ2) is 6.27. The van der Waals surface area contributed by atoms with Crippen molar-refractivity contribution in [3.63, 3.8) is 0 Å². The number of halogens is 3. The van der Waals surface area contributed by atoms with Crippen LogP contribution in [0.25, 0.3) is 0 Å². The second-order valence-electron chi connectivity index (χ2n) is 3.69. The van der Waals surface area contributed by atoms with E-state index in [0.717, 1.165) is 31.4 Å². The Hall–Kier alpha value is -1.52. The first-order valence-corrected chi connectivity index (χ1v) is 5.49. The Kier molecular flexibility index (Phi) is 5.00. The largest absolute Gasteiger partial charge is 0.352 e. The van der Waals surface area contributed by atoms with Gasteiger partial charge in [-0.05, 0) is 18.6 Å². The number of carbonyl (C=O) groups excluding carboxylic acids is 1. The summed E-state index contributed by atoms with van der Waals surface area (Å²) in [7, 11) is 0. The SMILES string of the molecule is CCCCCNC(=O)c1ccc(F)c(F)c1F. The molecular weight excluding hydrogens is 231 g/mol. The van der Waals surface area contributed by atoms with E-state index < -0.39 is 28.9 Å². The van der Waals surface area contributed by atoms with Gasteiger partial charge in [0, 0.05) is 6.54 Å². The fourth-order valence-corrected chi connectivity index (χ4v) is 1.37. The predicted octanol–water partition coefficient (Wildman–Crippen LogP) is 3.02. The van der Waals surface area contributed by atoms with E-state index in [1.54, 1.807) is 0 Å². The molecule has 0 aliphatic rings. The lowest BCUT2D eigenvalue weighted by atomic mass is 10.1. The van der Waals surface area contributed by atoms with Gasteiger partial charge in [-0.15, -0.1) is 0 Å². The number of rotatable bonds is 5. The molecule has 0 saturated heterocycles. The first-order chi connectivity index (χ1) is 8.07. The Morgan fingerprint density at radius 1 is 1.18 bits per heavy atom. The molecule has 1 amide bonds. The molecule has 0 unspecified atom stereocenters. The maximum Gasteiger partial charge on any atom is 0.254 e. The Labute approximate surface area is 97.8 Å². The zero-order valence-electron chi connectivity index (χ0n) is 9.53. The molecule has 0 saturated carbocycles. The van der Waals surface area contributed by atoms with Gasteiger partial charge in [0.2, 0.25) is 0 Å². The number of carbonyl (C=O) groups is 1. The molecule has 1 rings (SSSR count). The molecule has 0 aromatic heterocycles. The smallest absolute Gasteiger partial charge is 0.254 e. The van der Waals surface area contributed by atoms with Gasteiger partial charge >= 0.3 is 0 Å². The van der Waals surface area contributed by atoms with Gasteiger partial charge in [-0.1, -0.05) is 19.8 Å². The Morgan fingerprint density at radius 3 is 2.53 bits per heavy atom. The van der Waals surface area contributed by atoms with Crippen LogP contribution in [0.4, 0.5) is 13.2 Å². The zero-order chi connectivity index (χ0) is 12.8. The lowest BCUT2D eigenvalue weighted by molar-refractivity contribution is 0.0947. The van der Waals surface area contributed by atoms with Crippen LogP contribution >= 0.6 is 0 Å². The standard InChI is InChI=1S/C12H14F3NO/c1-2-3-4-7-16-12(17)8-5-6-9(13)11(15)10(8)14/h5-6H,2-4,7H2,1H3,(H,16,17). The highest BCUT2D eigenvalue weighted by atomic mass is 19.2. The van der Waals surface area contributed by atoms with Crippen molar-refractivity contribution in [2.75, 3.05) is 6.54 Å². The molecule has 0 spiro atoms. The normalized spacial score (nSPS) is 10.4. The van der Waals surface area contributed by atoms with Crippen LogP contribution in [0.5, 0.6) is 0 Å². The molecule has 17 heavy (non-hydrogen) atoms. The molecule has 1 N–H and O–H groups in total. The van der Waals surface area contributed by atoms with Gasteiger partial charge in [0.1, 0.15) is 0 Å². The Bertz CT molecular complexity index is 407. The van der Waals surface area contributed by atoms with Gasteiger partial charge in [-0.3, -0.25) is 4.79 Å². The van der Waals surface area contributed by atoms with Crippen molar-refractivity contribution in [3.8, 4) is 0 Å². The summed E-state index contributed by atoms with van der Waals surface area (Å²) in [4.78, 5) is 11.5. The molecule has 1 aromatic rings. The number of benzene rings is 1. The van der Waals surface area contributed by atoms with Crippen LogP contribution in [-0.2, 0) is 0 Å². The van der Waals surface area contributed by atoms with Crippen molar-refractivity contribution in [2.24, 2.45) is 0 Å². The molecular formula is C12H14F3NO. The molecule has 5 heteroatoms. The van der Waals surface area contributed by atoms with E-state index in [0.29, 0.717) is 6.54 Å². The summed E-state index contributed by atoms with van der Waals surface area (Å²) >= 11 is 0. The van der Waals surface area contributed by atoms with Crippen molar-refractivity contribution in [1.82, 2.24) is 5.32 Å². The molecule has 0 atom stereocenters. The van der Waals surface area contributed by atoms with Crippen LogP contribution in [0.15, 0.2) is 12.1 Å². The summed E-state index contributed by atoms with van der Waals surface area (Å²) in [5.41, 5.74) is -0.472. The summed E-state index contributed by atoms with van der Waals surface area (Å²) in [6, 6.07) is 1.67. The zero-order valence-corrected chi connectivity index (χ0v) is 9.53. The number of unbranched alkanes of at least 4 members (excludes halogenated alkanes) is 2. The van der Waals surface area contributed by atoms with Crippen LogP contribution in [0.1, 0.15) is 36.5 Å². The van der Waals surface area contributed by atoms with E-state index in [4.69, 9.17) is 0 Å². The van der Waals surface area contributed by atoms with Crippen LogP contribution in [0, 0.1) is 17.5 Å². The Balaban J connectivity index is 2.66. The highest BCUT2D eigenvalue weighted by molar-refractivity contribution is 5.94. The average molecular weight is 245 g/mol. The predicted molar refractivity (Wildman–Crippen MR) is 58.2 cm³/mol. The molecule has 2 nitrogen and oxygen atoms in total. The van der Waals surface area contributed by atoms with Crippen LogP contribution in [0.3, 0.4) is 0 Å². The quantitative estimate of drug-likeness (QED) is 0.627. The van der Waals surface area contributed by atoms with Crippen LogP contribution in [0.2, 0.25) is 0 Å². The fourth-order valence-electron chi connectivity index (χ4n) is 1.37. The first kappa shape index (κ1) is 13.5. The number of hydrogen-bond acceptors (Lipinski definition) is 1. The van der Waals surface area contributed by atoms with Crippen molar-refractivity contribution < 1.29 is 18.0 Å². The van der Waals surface area contributed by atoms with Crippen molar-refractivity contribution >= 4 is 5.91 Å². The van der Waals surface area contributed by atoms with Gasteiger partial charge in [-0.25, -0.2) is 13.2 Å². The Morgan fingerprint density at radius 2 is 1.88 bits per heavy atom. The molecule has 0 aliphatic carbocycles. The van der Waals surface area contributed by atoms with Gasteiger partial charge in [0.25, 0.3) is 5.91 Å². The van der Waals surface area contributed by atoms with Gasteiger partial charge in [-0.2, -0.15) is 0 Å². The summed E-state index contributed by atoms with van der Waals surface area (Å²) in [6.07, 6.45) is 2.71. The molecule has 94 valence electrons. The molecule has 0 radical (unpaired) electrons. The molecule has 0 bridgehead atoms. The summed E-state index contributed by atoms with van der Waals surface area (Å²) < 4.78 is 38.7. The number of nitrogens with one attached hydrogen (secondary N) is 1.